The van der Waals surface area contributed by atoms with Gasteiger partial charge in [-0.1, -0.05) is 48.5 Å². The average Bonchev–Trinajstić information content (AvgIpc) is 2.92. The van der Waals surface area contributed by atoms with Gasteiger partial charge < -0.3 is 15.0 Å². The highest BCUT2D eigenvalue weighted by molar-refractivity contribution is 5.99. The van der Waals surface area contributed by atoms with E-state index in [1.54, 1.807) is 0 Å². The number of anilines is 2. The number of piperidine rings is 1. The summed E-state index contributed by atoms with van der Waals surface area (Å²) in [7, 11) is 0. The highest BCUT2D eigenvalue weighted by atomic mass is 16.5. The molecule has 6 nitrogen and oxygen atoms in total. The lowest BCUT2D eigenvalue weighted by molar-refractivity contribution is -0.116. The Hall–Kier alpha value is -4.19. The second-order valence-electron chi connectivity index (χ2n) is 9.00. The van der Waals surface area contributed by atoms with E-state index >= 15 is 0 Å². The van der Waals surface area contributed by atoms with Gasteiger partial charge in [-0.05, 0) is 55.7 Å². The molecule has 0 saturated carbocycles. The Bertz CT molecular complexity index is 1300. The van der Waals surface area contributed by atoms with Crippen LogP contribution < -0.4 is 15.0 Å². The van der Waals surface area contributed by atoms with Gasteiger partial charge in [0.15, 0.2) is 5.82 Å². The van der Waals surface area contributed by atoms with Crippen molar-refractivity contribution in [2.75, 3.05) is 23.3 Å². The topological polar surface area (TPSA) is 67.4 Å². The normalized spacial score (nSPS) is 15.0. The lowest BCUT2D eigenvalue weighted by atomic mass is 9.87. The van der Waals surface area contributed by atoms with E-state index in [-0.39, 0.29) is 5.91 Å². The summed E-state index contributed by atoms with van der Waals surface area (Å²) in [6.45, 7) is 2.09. The van der Waals surface area contributed by atoms with Gasteiger partial charge in [0.25, 0.3) is 0 Å². The number of nitrogens with zero attached hydrogens (tertiary/aromatic N) is 3. The van der Waals surface area contributed by atoms with Crippen molar-refractivity contribution in [3.63, 3.8) is 0 Å². The molecule has 0 bridgehead atoms. The van der Waals surface area contributed by atoms with Crippen molar-refractivity contribution in [1.82, 2.24) is 10.2 Å². The Morgan fingerprint density at radius 1 is 0.771 bits per heavy atom. The zero-order valence-corrected chi connectivity index (χ0v) is 19.4. The molecule has 0 radical (unpaired) electrons. The van der Waals surface area contributed by atoms with Crippen LogP contribution in [0.5, 0.6) is 11.5 Å². The maximum absolute atomic E-state index is 13.4. The fourth-order valence-electron chi connectivity index (χ4n) is 4.90. The molecule has 1 aromatic heterocycles. The Labute approximate surface area is 204 Å². The molecule has 6 rings (SSSR count). The summed E-state index contributed by atoms with van der Waals surface area (Å²) in [5.41, 5.74) is 4.24. The lowest BCUT2D eigenvalue weighted by Crippen LogP contribution is -2.30. The van der Waals surface area contributed by atoms with Crippen LogP contribution in [-0.4, -0.2) is 29.2 Å². The number of rotatable bonds is 4. The number of hydrogen-bond donors (Lipinski definition) is 1. The summed E-state index contributed by atoms with van der Waals surface area (Å²) in [6.07, 6.45) is 3.71. The quantitative estimate of drug-likeness (QED) is 0.402. The fourth-order valence-corrected chi connectivity index (χ4v) is 4.90. The Kier molecular flexibility index (Phi) is 5.62. The summed E-state index contributed by atoms with van der Waals surface area (Å²) >= 11 is 0. The molecule has 1 saturated heterocycles. The van der Waals surface area contributed by atoms with E-state index in [2.05, 4.69) is 20.4 Å². The van der Waals surface area contributed by atoms with E-state index in [1.807, 2.05) is 84.9 Å². The smallest absolute Gasteiger partial charge is 0.236 e. The molecule has 2 aliphatic heterocycles. The van der Waals surface area contributed by atoms with Crippen LogP contribution in [0.15, 0.2) is 84.9 Å². The van der Waals surface area contributed by atoms with Crippen LogP contribution in [0.3, 0.4) is 0 Å². The molecule has 0 atom stereocenters. The average molecular weight is 463 g/mol. The fraction of sp³-hybridized carbons (Fsp3) is 0.207. The van der Waals surface area contributed by atoms with Crippen molar-refractivity contribution < 1.29 is 9.53 Å². The Morgan fingerprint density at radius 3 is 2.06 bits per heavy atom. The molecule has 35 heavy (non-hydrogen) atoms. The number of nitrogens with one attached hydrogen (secondary N) is 1. The molecule has 2 aliphatic rings. The first kappa shape index (κ1) is 21.4. The van der Waals surface area contributed by atoms with Crippen molar-refractivity contribution in [1.29, 1.82) is 0 Å². The molecule has 3 aromatic carbocycles. The van der Waals surface area contributed by atoms with E-state index in [9.17, 15) is 4.79 Å². The maximum Gasteiger partial charge on any atom is 0.236 e. The van der Waals surface area contributed by atoms with E-state index in [0.29, 0.717) is 11.5 Å². The number of hydrogen-bond acceptors (Lipinski definition) is 5. The van der Waals surface area contributed by atoms with Crippen LogP contribution in [0, 0.1) is 0 Å². The van der Waals surface area contributed by atoms with Crippen LogP contribution in [0.2, 0.25) is 0 Å². The van der Waals surface area contributed by atoms with E-state index < -0.39 is 5.92 Å². The van der Waals surface area contributed by atoms with E-state index in [1.165, 1.54) is 19.3 Å². The molecule has 174 valence electrons. The van der Waals surface area contributed by atoms with Crippen LogP contribution >= 0.6 is 0 Å². The number of carbonyl (C=O) groups is 1. The number of benzene rings is 3. The molecule has 1 fully saturated rings. The first-order chi connectivity index (χ1) is 17.3. The minimum atomic E-state index is -0.441. The second-order valence-corrected chi connectivity index (χ2v) is 9.00. The van der Waals surface area contributed by atoms with Gasteiger partial charge in [0.05, 0.1) is 11.6 Å². The van der Waals surface area contributed by atoms with Crippen molar-refractivity contribution in [3.05, 3.63) is 96.1 Å². The third kappa shape index (κ3) is 4.23. The number of carbonyl (C=O) groups excluding carboxylic acids is 1. The zero-order chi connectivity index (χ0) is 23.6. The Morgan fingerprint density at radius 2 is 1.43 bits per heavy atom. The zero-order valence-electron chi connectivity index (χ0n) is 19.4. The predicted octanol–water partition coefficient (Wildman–Crippen LogP) is 6.01. The van der Waals surface area contributed by atoms with E-state index in [4.69, 9.17) is 4.74 Å². The van der Waals surface area contributed by atoms with Crippen molar-refractivity contribution in [2.24, 2.45) is 0 Å². The minimum Gasteiger partial charge on any atom is -0.457 e. The number of para-hydroxylation sites is 2. The first-order valence-corrected chi connectivity index (χ1v) is 12.1. The third-order valence-electron chi connectivity index (χ3n) is 6.72. The second kappa shape index (κ2) is 9.22. The van der Waals surface area contributed by atoms with Crippen molar-refractivity contribution in [3.8, 4) is 22.8 Å². The summed E-state index contributed by atoms with van der Waals surface area (Å²) in [6, 6.07) is 27.2. The molecule has 3 heterocycles. The summed E-state index contributed by atoms with van der Waals surface area (Å²) in [4.78, 5) is 15.7. The largest absolute Gasteiger partial charge is 0.457 e. The van der Waals surface area contributed by atoms with Crippen LogP contribution in [0.1, 0.15) is 36.3 Å². The van der Waals surface area contributed by atoms with Gasteiger partial charge in [0, 0.05) is 35.5 Å². The number of amides is 1. The van der Waals surface area contributed by atoms with Crippen LogP contribution in [-0.2, 0) is 4.79 Å². The molecule has 0 unspecified atom stereocenters. The standard InChI is InChI=1S/C29H26N4O2/c34-29(28-22-8-2-4-10-25(22)35-26-11-5-3-9-23(26)28)30-21-14-12-20(13-15-21)24-16-17-27(32-31-24)33-18-6-1-7-19-33/h2-5,8-17,28H,1,6-7,18-19H2,(H,30,34). The number of fused-ring (bicyclic) bond motifs is 2. The van der Waals surface area contributed by atoms with Crippen molar-refractivity contribution >= 4 is 17.4 Å². The molecule has 0 spiro atoms. The van der Waals surface area contributed by atoms with Crippen LogP contribution in [0.4, 0.5) is 11.5 Å². The summed E-state index contributed by atoms with van der Waals surface area (Å²) in [5, 5.41) is 12.0. The Balaban J connectivity index is 1.20. The SMILES string of the molecule is O=C(Nc1ccc(-c2ccc(N3CCCCC3)nn2)cc1)C1c2ccccc2Oc2ccccc21. The predicted molar refractivity (Wildman–Crippen MR) is 137 cm³/mol. The highest BCUT2D eigenvalue weighted by Gasteiger charge is 2.32. The minimum absolute atomic E-state index is 0.0911. The molecule has 1 amide bonds. The van der Waals surface area contributed by atoms with Gasteiger partial charge in [0.1, 0.15) is 11.5 Å². The maximum atomic E-state index is 13.4. The van der Waals surface area contributed by atoms with E-state index in [0.717, 1.165) is 47.0 Å². The molecule has 6 heteroatoms. The molecule has 4 aromatic rings. The molecule has 0 aliphatic carbocycles. The molecular formula is C29H26N4O2. The third-order valence-corrected chi connectivity index (χ3v) is 6.72. The summed E-state index contributed by atoms with van der Waals surface area (Å²) in [5.74, 6) is 1.84. The highest BCUT2D eigenvalue weighted by Crippen LogP contribution is 2.44. The molecule has 1 N–H and O–H groups in total. The van der Waals surface area contributed by atoms with Gasteiger partial charge in [-0.3, -0.25) is 4.79 Å². The molecular weight excluding hydrogens is 436 g/mol. The van der Waals surface area contributed by atoms with Gasteiger partial charge in [-0.2, -0.15) is 0 Å². The van der Waals surface area contributed by atoms with Crippen LogP contribution in [0.25, 0.3) is 11.3 Å². The van der Waals surface area contributed by atoms with Gasteiger partial charge in [-0.15, -0.1) is 10.2 Å². The number of aromatic nitrogens is 2. The van der Waals surface area contributed by atoms with Crippen molar-refractivity contribution in [2.45, 2.75) is 25.2 Å². The monoisotopic (exact) mass is 462 g/mol. The van der Waals surface area contributed by atoms with Gasteiger partial charge in [0.2, 0.25) is 5.91 Å². The lowest BCUT2D eigenvalue weighted by Gasteiger charge is -2.27. The summed E-state index contributed by atoms with van der Waals surface area (Å²) < 4.78 is 6.02. The van der Waals surface area contributed by atoms with Gasteiger partial charge in [-0.25, -0.2) is 0 Å². The number of ether oxygens (including phenoxy) is 1. The van der Waals surface area contributed by atoms with Gasteiger partial charge >= 0.3 is 0 Å². The first-order valence-electron chi connectivity index (χ1n) is 12.1.